The van der Waals surface area contributed by atoms with Gasteiger partial charge in [-0.1, -0.05) is 12.1 Å². The minimum absolute atomic E-state index is 0.00730. The maximum Gasteiger partial charge on any atom is 0.260 e. The van der Waals surface area contributed by atoms with Crippen molar-refractivity contribution >= 4 is 17.6 Å². The van der Waals surface area contributed by atoms with E-state index in [1.807, 2.05) is 0 Å². The van der Waals surface area contributed by atoms with Crippen molar-refractivity contribution in [2.24, 2.45) is 0 Å². The van der Waals surface area contributed by atoms with E-state index >= 15 is 0 Å². The van der Waals surface area contributed by atoms with Crippen LogP contribution in [0.3, 0.4) is 0 Å². The predicted octanol–water partition coefficient (Wildman–Crippen LogP) is 0.786. The number of carbonyl (C=O) groups excluding carboxylic acids is 2. The Morgan fingerprint density at radius 1 is 0.926 bits per heavy atom. The first kappa shape index (κ1) is 18.6. The lowest BCUT2D eigenvalue weighted by Crippen LogP contribution is -2.50. The second kappa shape index (κ2) is 8.44. The molecule has 0 aromatic heterocycles. The third-order valence-corrected chi connectivity index (χ3v) is 4.52. The van der Waals surface area contributed by atoms with Crippen molar-refractivity contribution in [3.05, 3.63) is 54.1 Å². The van der Waals surface area contributed by atoms with Gasteiger partial charge in [0, 0.05) is 31.9 Å². The maximum absolute atomic E-state index is 12.3. The number of carboxylic acid groups (broad SMARTS) is 1. The molecule has 1 heterocycles. The number of nitrogens with zero attached hydrogens (tertiary/aromatic N) is 2. The number of anilines is 1. The summed E-state index contributed by atoms with van der Waals surface area (Å²) in [5.74, 6) is 0.111. The molecule has 1 fully saturated rings. The number of methoxy groups -OCH3 is 1. The van der Waals surface area contributed by atoms with Gasteiger partial charge in [-0.05, 0) is 42.0 Å². The van der Waals surface area contributed by atoms with Crippen LogP contribution < -0.4 is 19.5 Å². The van der Waals surface area contributed by atoms with Gasteiger partial charge in [-0.15, -0.1) is 0 Å². The molecule has 1 aliphatic rings. The fraction of sp³-hybridized carbons (Fsp3) is 0.300. The average Bonchev–Trinajstić information content (AvgIpc) is 2.72. The molecule has 2 aromatic rings. The summed E-state index contributed by atoms with van der Waals surface area (Å²) in [4.78, 5) is 27.1. The molecular formula is C20H21N2O5-. The summed E-state index contributed by atoms with van der Waals surface area (Å²) in [5.41, 5.74) is 1.09. The van der Waals surface area contributed by atoms with Gasteiger partial charge in [0.1, 0.15) is 11.5 Å². The minimum atomic E-state index is -1.19. The van der Waals surface area contributed by atoms with E-state index in [9.17, 15) is 14.7 Å². The first-order valence-electron chi connectivity index (χ1n) is 8.68. The summed E-state index contributed by atoms with van der Waals surface area (Å²) >= 11 is 0. The highest BCUT2D eigenvalue weighted by molar-refractivity contribution is 5.86. The Hall–Kier alpha value is -3.22. The Morgan fingerprint density at radius 2 is 1.52 bits per heavy atom. The molecule has 1 amide bonds. The highest BCUT2D eigenvalue weighted by Crippen LogP contribution is 2.19. The Labute approximate surface area is 157 Å². The van der Waals surface area contributed by atoms with E-state index in [4.69, 9.17) is 9.47 Å². The smallest absolute Gasteiger partial charge is 0.260 e. The number of carbonyl (C=O) groups is 2. The van der Waals surface area contributed by atoms with Gasteiger partial charge in [0.25, 0.3) is 5.91 Å². The molecule has 1 saturated heterocycles. The molecule has 0 atom stereocenters. The zero-order chi connectivity index (χ0) is 19.2. The van der Waals surface area contributed by atoms with Crippen molar-refractivity contribution in [2.45, 2.75) is 0 Å². The lowest BCUT2D eigenvalue weighted by atomic mass is 10.2. The van der Waals surface area contributed by atoms with Crippen molar-refractivity contribution < 1.29 is 24.2 Å². The van der Waals surface area contributed by atoms with Crippen LogP contribution in [0.1, 0.15) is 10.4 Å². The maximum atomic E-state index is 12.3. The predicted molar refractivity (Wildman–Crippen MR) is 98.1 cm³/mol. The third kappa shape index (κ3) is 4.69. The van der Waals surface area contributed by atoms with E-state index in [1.165, 1.54) is 12.1 Å². The van der Waals surface area contributed by atoms with Crippen LogP contribution in [0.25, 0.3) is 0 Å². The summed E-state index contributed by atoms with van der Waals surface area (Å²) in [6.07, 6.45) is 0. The molecule has 2 aromatic carbocycles. The summed E-state index contributed by atoms with van der Waals surface area (Å²) < 4.78 is 10.6. The van der Waals surface area contributed by atoms with Gasteiger partial charge in [-0.2, -0.15) is 0 Å². The van der Waals surface area contributed by atoms with Crippen molar-refractivity contribution in [2.75, 3.05) is 44.8 Å². The monoisotopic (exact) mass is 369 g/mol. The first-order chi connectivity index (χ1) is 13.1. The Kier molecular flexibility index (Phi) is 5.80. The Morgan fingerprint density at radius 3 is 2.07 bits per heavy atom. The summed E-state index contributed by atoms with van der Waals surface area (Å²) in [6.45, 7) is 2.53. The lowest BCUT2D eigenvalue weighted by Gasteiger charge is -2.36. The number of carboxylic acids is 1. The van der Waals surface area contributed by atoms with Gasteiger partial charge in [0.2, 0.25) is 0 Å². The van der Waals surface area contributed by atoms with E-state index in [1.54, 1.807) is 48.4 Å². The second-order valence-corrected chi connectivity index (χ2v) is 6.17. The number of piperazine rings is 1. The van der Waals surface area contributed by atoms with E-state index < -0.39 is 5.97 Å². The number of amides is 1. The minimum Gasteiger partial charge on any atom is -0.545 e. The molecule has 3 rings (SSSR count). The normalized spacial score (nSPS) is 14.0. The average molecular weight is 369 g/mol. The van der Waals surface area contributed by atoms with Crippen LogP contribution in [0.4, 0.5) is 5.69 Å². The first-order valence-corrected chi connectivity index (χ1v) is 8.68. The summed E-state index contributed by atoms with van der Waals surface area (Å²) in [6, 6.07) is 13.7. The molecule has 27 heavy (non-hydrogen) atoms. The lowest BCUT2D eigenvalue weighted by molar-refractivity contribution is -0.255. The van der Waals surface area contributed by atoms with Gasteiger partial charge in [-0.25, -0.2) is 0 Å². The fourth-order valence-electron chi connectivity index (χ4n) is 2.93. The largest absolute Gasteiger partial charge is 0.545 e. The van der Waals surface area contributed by atoms with Crippen LogP contribution in [-0.4, -0.2) is 56.7 Å². The Bertz CT molecular complexity index is 781. The molecule has 7 heteroatoms. The van der Waals surface area contributed by atoms with Crippen molar-refractivity contribution in [1.29, 1.82) is 0 Å². The molecule has 7 nitrogen and oxygen atoms in total. The number of ether oxygens (including phenoxy) is 2. The highest BCUT2D eigenvalue weighted by Gasteiger charge is 2.21. The van der Waals surface area contributed by atoms with Gasteiger partial charge in [0.05, 0.1) is 13.1 Å². The number of hydrogen-bond acceptors (Lipinski definition) is 6. The number of benzene rings is 2. The topological polar surface area (TPSA) is 82.1 Å². The zero-order valence-corrected chi connectivity index (χ0v) is 15.1. The van der Waals surface area contributed by atoms with Crippen LogP contribution in [0.5, 0.6) is 11.5 Å². The van der Waals surface area contributed by atoms with E-state index in [0.29, 0.717) is 31.9 Å². The molecule has 0 unspecified atom stereocenters. The standard InChI is InChI=1S/C20H22N2O5/c1-26-17-6-8-18(9-7-17)27-14-19(23)22-12-10-21(11-13-22)16-4-2-15(3-5-16)20(24)25/h2-9H,10-14H2,1H3,(H,24,25)/p-1. The SMILES string of the molecule is COc1ccc(OCC(=O)N2CCN(c3ccc(C(=O)[O-])cc3)CC2)cc1. The van der Waals surface area contributed by atoms with Crippen LogP contribution in [-0.2, 0) is 4.79 Å². The van der Waals surface area contributed by atoms with E-state index in [0.717, 1.165) is 11.4 Å². The summed E-state index contributed by atoms with van der Waals surface area (Å²) in [7, 11) is 1.59. The molecule has 0 bridgehead atoms. The van der Waals surface area contributed by atoms with Crippen molar-refractivity contribution in [3.63, 3.8) is 0 Å². The third-order valence-electron chi connectivity index (χ3n) is 4.52. The molecule has 0 aliphatic carbocycles. The van der Waals surface area contributed by atoms with Gasteiger partial charge in [0.15, 0.2) is 6.61 Å². The van der Waals surface area contributed by atoms with Crippen LogP contribution in [0.2, 0.25) is 0 Å². The van der Waals surface area contributed by atoms with Crippen LogP contribution in [0, 0.1) is 0 Å². The summed E-state index contributed by atoms with van der Waals surface area (Å²) in [5, 5.41) is 10.8. The molecule has 1 aliphatic heterocycles. The fourth-order valence-corrected chi connectivity index (χ4v) is 2.93. The number of aromatic carboxylic acids is 1. The highest BCUT2D eigenvalue weighted by atomic mass is 16.5. The van der Waals surface area contributed by atoms with Crippen LogP contribution >= 0.6 is 0 Å². The molecular weight excluding hydrogens is 348 g/mol. The van der Waals surface area contributed by atoms with E-state index in [2.05, 4.69) is 4.90 Å². The number of rotatable bonds is 6. The zero-order valence-electron chi connectivity index (χ0n) is 15.1. The van der Waals surface area contributed by atoms with E-state index in [-0.39, 0.29) is 18.1 Å². The molecule has 0 N–H and O–H groups in total. The van der Waals surface area contributed by atoms with Gasteiger partial charge >= 0.3 is 0 Å². The number of hydrogen-bond donors (Lipinski definition) is 0. The quantitative estimate of drug-likeness (QED) is 0.749. The molecule has 0 saturated carbocycles. The van der Waals surface area contributed by atoms with Gasteiger partial charge < -0.3 is 29.2 Å². The van der Waals surface area contributed by atoms with Crippen molar-refractivity contribution in [3.8, 4) is 11.5 Å². The van der Waals surface area contributed by atoms with Crippen molar-refractivity contribution in [1.82, 2.24) is 4.90 Å². The Balaban J connectivity index is 1.47. The molecule has 0 spiro atoms. The van der Waals surface area contributed by atoms with Crippen LogP contribution in [0.15, 0.2) is 48.5 Å². The second-order valence-electron chi connectivity index (χ2n) is 6.17. The molecule has 142 valence electrons. The van der Waals surface area contributed by atoms with Gasteiger partial charge in [-0.3, -0.25) is 4.79 Å². The molecule has 0 radical (unpaired) electrons.